The smallest absolute Gasteiger partial charge is 0.306 e. The van der Waals surface area contributed by atoms with Gasteiger partial charge in [-0.2, -0.15) is 0 Å². The van der Waals surface area contributed by atoms with E-state index in [0.29, 0.717) is 0 Å². The summed E-state index contributed by atoms with van der Waals surface area (Å²) in [7, 11) is 1.33. The van der Waals surface area contributed by atoms with Crippen molar-refractivity contribution in [2.75, 3.05) is 7.11 Å². The molecule has 82 valence electrons. The molecule has 14 heavy (non-hydrogen) atoms. The van der Waals surface area contributed by atoms with E-state index in [9.17, 15) is 9.59 Å². The van der Waals surface area contributed by atoms with Crippen molar-refractivity contribution in [3.05, 3.63) is 0 Å². The second kappa shape index (κ2) is 6.40. The Morgan fingerprint density at radius 2 is 1.57 bits per heavy atom. The van der Waals surface area contributed by atoms with E-state index in [0.717, 1.165) is 0 Å². The molecule has 0 saturated carbocycles. The Kier molecular flexibility index (Phi) is 5.92. The van der Waals surface area contributed by atoms with Gasteiger partial charge in [0.25, 0.3) is 0 Å². The van der Waals surface area contributed by atoms with E-state index in [1.165, 1.54) is 7.11 Å². The van der Waals surface area contributed by atoms with Crippen LogP contribution in [0.1, 0.15) is 33.6 Å². The second-order valence-corrected chi connectivity index (χ2v) is 3.63. The van der Waals surface area contributed by atoms with Gasteiger partial charge in [-0.15, -0.1) is 0 Å². The van der Waals surface area contributed by atoms with Gasteiger partial charge in [-0.1, -0.05) is 6.92 Å². The number of hydrogen-bond donors (Lipinski definition) is 0. The summed E-state index contributed by atoms with van der Waals surface area (Å²) in [4.78, 5) is 22.0. The van der Waals surface area contributed by atoms with Crippen molar-refractivity contribution in [2.24, 2.45) is 5.92 Å². The first-order valence-corrected chi connectivity index (χ1v) is 4.72. The number of carbonyl (C=O) groups is 2. The third kappa shape index (κ3) is 6.46. The third-order valence-electron chi connectivity index (χ3n) is 1.63. The van der Waals surface area contributed by atoms with E-state index in [4.69, 9.17) is 4.74 Å². The fourth-order valence-corrected chi connectivity index (χ4v) is 1.04. The fraction of sp³-hybridized carbons (Fsp3) is 0.800. The summed E-state index contributed by atoms with van der Waals surface area (Å²) in [5.41, 5.74) is 0. The predicted molar refractivity (Wildman–Crippen MR) is 51.6 cm³/mol. The monoisotopic (exact) mass is 202 g/mol. The molecule has 0 aliphatic rings. The fourth-order valence-electron chi connectivity index (χ4n) is 1.04. The van der Waals surface area contributed by atoms with Gasteiger partial charge in [-0.3, -0.25) is 9.59 Å². The Morgan fingerprint density at radius 1 is 1.07 bits per heavy atom. The van der Waals surface area contributed by atoms with E-state index < -0.39 is 0 Å². The first-order valence-electron chi connectivity index (χ1n) is 4.72. The molecule has 0 amide bonds. The Labute approximate surface area is 84.6 Å². The standard InChI is InChI=1S/C10H18O4/c1-7(2)14-10(12)6-8(3)5-9(11)13-4/h7-8H,5-6H2,1-4H3. The van der Waals surface area contributed by atoms with Gasteiger partial charge in [-0.05, 0) is 19.8 Å². The Balaban J connectivity index is 3.76. The molecule has 0 saturated heterocycles. The highest BCUT2D eigenvalue weighted by atomic mass is 16.5. The van der Waals surface area contributed by atoms with Crippen LogP contribution in [0.3, 0.4) is 0 Å². The lowest BCUT2D eigenvalue weighted by Crippen LogP contribution is -2.16. The molecule has 1 atom stereocenters. The number of hydrogen-bond acceptors (Lipinski definition) is 4. The number of esters is 2. The minimum absolute atomic E-state index is 0.0336. The van der Waals surface area contributed by atoms with Crippen LogP contribution >= 0.6 is 0 Å². The number of carbonyl (C=O) groups excluding carboxylic acids is 2. The Morgan fingerprint density at radius 3 is 2.00 bits per heavy atom. The summed E-state index contributed by atoms with van der Waals surface area (Å²) in [5, 5.41) is 0. The summed E-state index contributed by atoms with van der Waals surface area (Å²) in [6.45, 7) is 5.41. The largest absolute Gasteiger partial charge is 0.469 e. The summed E-state index contributed by atoms with van der Waals surface area (Å²) in [5.74, 6) is -0.597. The molecule has 1 unspecified atom stereocenters. The summed E-state index contributed by atoms with van der Waals surface area (Å²) >= 11 is 0. The minimum atomic E-state index is -0.296. The molecule has 4 nitrogen and oxygen atoms in total. The molecule has 0 fully saturated rings. The van der Waals surface area contributed by atoms with Gasteiger partial charge in [0.05, 0.1) is 13.2 Å². The maximum absolute atomic E-state index is 11.2. The lowest BCUT2D eigenvalue weighted by molar-refractivity contribution is -0.149. The lowest BCUT2D eigenvalue weighted by atomic mass is 10.0. The normalized spacial score (nSPS) is 12.4. The number of methoxy groups -OCH3 is 1. The quantitative estimate of drug-likeness (QED) is 0.634. The average molecular weight is 202 g/mol. The van der Waals surface area contributed by atoms with Crippen molar-refractivity contribution >= 4 is 11.9 Å². The van der Waals surface area contributed by atoms with Crippen molar-refractivity contribution in [2.45, 2.75) is 39.7 Å². The van der Waals surface area contributed by atoms with E-state index in [2.05, 4.69) is 4.74 Å². The van der Waals surface area contributed by atoms with E-state index >= 15 is 0 Å². The predicted octanol–water partition coefficient (Wildman–Crippen LogP) is 1.53. The summed E-state index contributed by atoms with van der Waals surface area (Å²) < 4.78 is 9.44. The lowest BCUT2D eigenvalue weighted by Gasteiger charge is -2.11. The highest BCUT2D eigenvalue weighted by Gasteiger charge is 2.15. The molecule has 0 aliphatic heterocycles. The van der Waals surface area contributed by atoms with Crippen LogP contribution in [-0.4, -0.2) is 25.2 Å². The van der Waals surface area contributed by atoms with Crippen LogP contribution in [0.25, 0.3) is 0 Å². The van der Waals surface area contributed by atoms with Crippen molar-refractivity contribution in [3.8, 4) is 0 Å². The van der Waals surface area contributed by atoms with Crippen LogP contribution in [0.15, 0.2) is 0 Å². The molecule has 4 heteroatoms. The summed E-state index contributed by atoms with van der Waals surface area (Å²) in [6, 6.07) is 0. The molecule has 0 N–H and O–H groups in total. The zero-order chi connectivity index (χ0) is 11.1. The molecule has 0 aromatic heterocycles. The molecular formula is C10H18O4. The van der Waals surface area contributed by atoms with E-state index in [-0.39, 0.29) is 36.8 Å². The van der Waals surface area contributed by atoms with Gasteiger partial charge in [0, 0.05) is 12.8 Å². The van der Waals surface area contributed by atoms with Crippen LogP contribution in [-0.2, 0) is 19.1 Å². The van der Waals surface area contributed by atoms with Gasteiger partial charge >= 0.3 is 11.9 Å². The molecule has 0 aromatic rings. The van der Waals surface area contributed by atoms with Crippen molar-refractivity contribution in [3.63, 3.8) is 0 Å². The molecule has 0 heterocycles. The van der Waals surface area contributed by atoms with E-state index in [1.807, 2.05) is 6.92 Å². The maximum Gasteiger partial charge on any atom is 0.306 e. The van der Waals surface area contributed by atoms with Gasteiger partial charge in [0.2, 0.25) is 0 Å². The zero-order valence-electron chi connectivity index (χ0n) is 9.20. The molecule has 0 radical (unpaired) electrons. The van der Waals surface area contributed by atoms with Gasteiger partial charge in [0.15, 0.2) is 0 Å². The molecule has 0 rings (SSSR count). The second-order valence-electron chi connectivity index (χ2n) is 3.63. The van der Waals surface area contributed by atoms with Crippen LogP contribution in [0.4, 0.5) is 0 Å². The first kappa shape index (κ1) is 12.9. The third-order valence-corrected chi connectivity index (χ3v) is 1.63. The van der Waals surface area contributed by atoms with Crippen LogP contribution < -0.4 is 0 Å². The molecule has 0 aliphatic carbocycles. The topological polar surface area (TPSA) is 52.6 Å². The van der Waals surface area contributed by atoms with Crippen molar-refractivity contribution in [1.29, 1.82) is 0 Å². The zero-order valence-corrected chi connectivity index (χ0v) is 9.20. The summed E-state index contributed by atoms with van der Waals surface area (Å²) in [6.07, 6.45) is 0.407. The first-order chi connectivity index (χ1) is 6.45. The SMILES string of the molecule is COC(=O)CC(C)CC(=O)OC(C)C. The molecule has 0 bridgehead atoms. The molecule has 0 spiro atoms. The minimum Gasteiger partial charge on any atom is -0.469 e. The average Bonchev–Trinajstić information content (AvgIpc) is 2.01. The molecule has 0 aromatic carbocycles. The van der Waals surface area contributed by atoms with Crippen molar-refractivity contribution in [1.82, 2.24) is 0 Å². The van der Waals surface area contributed by atoms with Crippen molar-refractivity contribution < 1.29 is 19.1 Å². The van der Waals surface area contributed by atoms with Crippen LogP contribution in [0.5, 0.6) is 0 Å². The number of rotatable bonds is 5. The van der Waals surface area contributed by atoms with Gasteiger partial charge in [0.1, 0.15) is 0 Å². The molecular weight excluding hydrogens is 184 g/mol. The van der Waals surface area contributed by atoms with E-state index in [1.54, 1.807) is 13.8 Å². The van der Waals surface area contributed by atoms with Crippen LogP contribution in [0.2, 0.25) is 0 Å². The highest BCUT2D eigenvalue weighted by Crippen LogP contribution is 2.10. The Bertz CT molecular complexity index is 198. The van der Waals surface area contributed by atoms with Crippen LogP contribution in [0, 0.1) is 5.92 Å². The number of ether oxygens (including phenoxy) is 2. The highest BCUT2D eigenvalue weighted by molar-refractivity contribution is 5.73. The van der Waals surface area contributed by atoms with Gasteiger partial charge in [-0.25, -0.2) is 0 Å². The maximum atomic E-state index is 11.2. The van der Waals surface area contributed by atoms with Gasteiger partial charge < -0.3 is 9.47 Å². The Hall–Kier alpha value is -1.06.